The highest BCUT2D eigenvalue weighted by Crippen LogP contribution is 2.30. The van der Waals surface area contributed by atoms with E-state index < -0.39 is 0 Å². The molecule has 0 spiro atoms. The Bertz CT molecular complexity index is 607. The lowest BCUT2D eigenvalue weighted by atomic mass is 9.96. The molecule has 2 N–H and O–H groups in total. The number of benzene rings is 2. The predicted molar refractivity (Wildman–Crippen MR) is 92.5 cm³/mol. The van der Waals surface area contributed by atoms with E-state index in [1.807, 2.05) is 6.07 Å². The number of halogens is 1. The Balaban J connectivity index is 1.83. The zero-order valence-electron chi connectivity index (χ0n) is 11.6. The van der Waals surface area contributed by atoms with Gasteiger partial charge in [-0.15, -0.1) is 0 Å². The van der Waals surface area contributed by atoms with Crippen LogP contribution in [-0.2, 0) is 13.0 Å². The summed E-state index contributed by atoms with van der Waals surface area (Å²) < 4.78 is 1.28. The zero-order valence-corrected chi connectivity index (χ0v) is 13.8. The first kappa shape index (κ1) is 13.9. The molecule has 0 aliphatic carbocycles. The first-order chi connectivity index (χ1) is 9.65. The SMILES string of the molecule is CC(c1ccc(I)cc1)N1CCc2cccc(N)c2C1. The van der Waals surface area contributed by atoms with Crippen LogP contribution in [0.5, 0.6) is 0 Å². The topological polar surface area (TPSA) is 29.3 Å². The molecule has 3 heteroatoms. The number of fused-ring (bicyclic) bond motifs is 1. The largest absolute Gasteiger partial charge is 0.398 e. The second kappa shape index (κ2) is 5.74. The van der Waals surface area contributed by atoms with Gasteiger partial charge in [0.05, 0.1) is 0 Å². The maximum absolute atomic E-state index is 6.13. The lowest BCUT2D eigenvalue weighted by Gasteiger charge is -2.34. The van der Waals surface area contributed by atoms with Crippen molar-refractivity contribution in [2.24, 2.45) is 0 Å². The van der Waals surface area contributed by atoms with Crippen molar-refractivity contribution in [2.45, 2.75) is 25.9 Å². The van der Waals surface area contributed by atoms with Gasteiger partial charge in [0, 0.05) is 28.4 Å². The van der Waals surface area contributed by atoms with Gasteiger partial charge < -0.3 is 5.73 Å². The maximum Gasteiger partial charge on any atom is 0.0362 e. The van der Waals surface area contributed by atoms with Crippen LogP contribution in [0.15, 0.2) is 42.5 Å². The minimum absolute atomic E-state index is 0.430. The molecule has 2 aromatic rings. The molecule has 1 heterocycles. The van der Waals surface area contributed by atoms with E-state index >= 15 is 0 Å². The van der Waals surface area contributed by atoms with E-state index in [4.69, 9.17) is 5.73 Å². The second-order valence-corrected chi connectivity index (χ2v) is 6.68. The fourth-order valence-electron chi connectivity index (χ4n) is 2.91. The van der Waals surface area contributed by atoms with Crippen molar-refractivity contribution in [3.63, 3.8) is 0 Å². The minimum atomic E-state index is 0.430. The Hall–Kier alpha value is -1.07. The minimum Gasteiger partial charge on any atom is -0.398 e. The molecule has 0 radical (unpaired) electrons. The Morgan fingerprint density at radius 1 is 1.15 bits per heavy atom. The first-order valence-electron chi connectivity index (χ1n) is 7.01. The van der Waals surface area contributed by atoms with Crippen LogP contribution in [0.1, 0.15) is 29.7 Å². The van der Waals surface area contributed by atoms with Gasteiger partial charge in [0.25, 0.3) is 0 Å². The molecule has 1 aliphatic rings. The first-order valence-corrected chi connectivity index (χ1v) is 8.09. The van der Waals surface area contributed by atoms with Crippen molar-refractivity contribution in [1.82, 2.24) is 4.90 Å². The summed E-state index contributed by atoms with van der Waals surface area (Å²) in [6, 6.07) is 15.5. The Labute approximate surface area is 134 Å². The quantitative estimate of drug-likeness (QED) is 0.633. The number of hydrogen-bond acceptors (Lipinski definition) is 2. The molecule has 0 saturated carbocycles. The summed E-state index contributed by atoms with van der Waals surface area (Å²) in [5.41, 5.74) is 11.2. The van der Waals surface area contributed by atoms with Crippen LogP contribution in [0.3, 0.4) is 0 Å². The highest BCUT2D eigenvalue weighted by Gasteiger charge is 2.22. The highest BCUT2D eigenvalue weighted by atomic mass is 127. The Morgan fingerprint density at radius 3 is 2.65 bits per heavy atom. The molecule has 2 aromatic carbocycles. The number of nitrogen functional groups attached to an aromatic ring is 1. The maximum atomic E-state index is 6.13. The fourth-order valence-corrected chi connectivity index (χ4v) is 3.27. The van der Waals surface area contributed by atoms with E-state index in [9.17, 15) is 0 Å². The molecule has 1 aliphatic heterocycles. The number of nitrogens with two attached hydrogens (primary N) is 1. The average Bonchev–Trinajstić information content (AvgIpc) is 2.47. The number of hydrogen-bond donors (Lipinski definition) is 1. The Morgan fingerprint density at radius 2 is 1.90 bits per heavy atom. The van der Waals surface area contributed by atoms with Crippen LogP contribution in [0, 0.1) is 3.57 Å². The van der Waals surface area contributed by atoms with Crippen LogP contribution >= 0.6 is 22.6 Å². The fraction of sp³-hybridized carbons (Fsp3) is 0.294. The standard InChI is InChI=1S/C17H19IN2/c1-12(13-5-7-15(18)8-6-13)20-10-9-14-3-2-4-17(19)16(14)11-20/h2-8,12H,9-11,19H2,1H3. The van der Waals surface area contributed by atoms with Gasteiger partial charge in [0.15, 0.2) is 0 Å². The van der Waals surface area contributed by atoms with Gasteiger partial charge in [-0.05, 0) is 70.8 Å². The lowest BCUT2D eigenvalue weighted by molar-refractivity contribution is 0.192. The van der Waals surface area contributed by atoms with E-state index in [1.165, 1.54) is 20.3 Å². The second-order valence-electron chi connectivity index (χ2n) is 5.43. The molecule has 3 rings (SSSR count). The van der Waals surface area contributed by atoms with Gasteiger partial charge in [-0.1, -0.05) is 24.3 Å². The molecule has 104 valence electrons. The highest BCUT2D eigenvalue weighted by molar-refractivity contribution is 14.1. The molecular weight excluding hydrogens is 359 g/mol. The van der Waals surface area contributed by atoms with Gasteiger partial charge in [0.1, 0.15) is 0 Å². The molecule has 1 atom stereocenters. The molecule has 20 heavy (non-hydrogen) atoms. The van der Waals surface area contributed by atoms with Crippen LogP contribution in [-0.4, -0.2) is 11.4 Å². The normalized spacial score (nSPS) is 16.7. The predicted octanol–water partition coefficient (Wildman–Crippen LogP) is 3.99. The molecule has 2 nitrogen and oxygen atoms in total. The van der Waals surface area contributed by atoms with Gasteiger partial charge >= 0.3 is 0 Å². The van der Waals surface area contributed by atoms with E-state index in [0.717, 1.165) is 25.2 Å². The third kappa shape index (κ3) is 2.69. The van der Waals surface area contributed by atoms with Gasteiger partial charge in [0.2, 0.25) is 0 Å². The van der Waals surface area contributed by atoms with Crippen molar-refractivity contribution in [3.8, 4) is 0 Å². The number of rotatable bonds is 2. The molecule has 0 amide bonds. The summed E-state index contributed by atoms with van der Waals surface area (Å²) >= 11 is 2.35. The summed E-state index contributed by atoms with van der Waals surface area (Å²) in [6.45, 7) is 4.34. The molecule has 0 aromatic heterocycles. The summed E-state index contributed by atoms with van der Waals surface area (Å²) in [5.74, 6) is 0. The van der Waals surface area contributed by atoms with Crippen molar-refractivity contribution in [2.75, 3.05) is 12.3 Å². The molecule has 0 saturated heterocycles. The van der Waals surface area contributed by atoms with Crippen LogP contribution in [0.2, 0.25) is 0 Å². The summed E-state index contributed by atoms with van der Waals surface area (Å²) in [5, 5.41) is 0. The van der Waals surface area contributed by atoms with Crippen molar-refractivity contribution in [1.29, 1.82) is 0 Å². The van der Waals surface area contributed by atoms with Crippen LogP contribution in [0.4, 0.5) is 5.69 Å². The van der Waals surface area contributed by atoms with E-state index in [2.05, 4.69) is 70.8 Å². The van der Waals surface area contributed by atoms with Gasteiger partial charge in [-0.2, -0.15) is 0 Å². The summed E-state index contributed by atoms with van der Waals surface area (Å²) in [4.78, 5) is 2.51. The van der Waals surface area contributed by atoms with Gasteiger partial charge in [-0.25, -0.2) is 0 Å². The zero-order chi connectivity index (χ0) is 14.1. The average molecular weight is 378 g/mol. The van der Waals surface area contributed by atoms with E-state index in [0.29, 0.717) is 6.04 Å². The van der Waals surface area contributed by atoms with E-state index in [-0.39, 0.29) is 0 Å². The van der Waals surface area contributed by atoms with Crippen LogP contribution in [0.25, 0.3) is 0 Å². The third-order valence-electron chi connectivity index (χ3n) is 4.24. The lowest BCUT2D eigenvalue weighted by Crippen LogP contribution is -2.33. The molecular formula is C17H19IN2. The molecule has 0 bridgehead atoms. The summed E-state index contributed by atoms with van der Waals surface area (Å²) in [7, 11) is 0. The smallest absolute Gasteiger partial charge is 0.0362 e. The molecule has 0 fully saturated rings. The van der Waals surface area contributed by atoms with Crippen LogP contribution < -0.4 is 5.73 Å². The van der Waals surface area contributed by atoms with Crippen molar-refractivity contribution < 1.29 is 0 Å². The summed E-state index contributed by atoms with van der Waals surface area (Å²) in [6.07, 6.45) is 1.09. The third-order valence-corrected chi connectivity index (χ3v) is 4.96. The monoisotopic (exact) mass is 378 g/mol. The number of nitrogens with zero attached hydrogens (tertiary/aromatic N) is 1. The molecule has 1 unspecified atom stereocenters. The number of anilines is 1. The van der Waals surface area contributed by atoms with Crippen molar-refractivity contribution in [3.05, 3.63) is 62.7 Å². The van der Waals surface area contributed by atoms with Crippen molar-refractivity contribution >= 4 is 28.3 Å². The van der Waals surface area contributed by atoms with E-state index in [1.54, 1.807) is 0 Å². The Kier molecular flexibility index (Phi) is 3.98. The van der Waals surface area contributed by atoms with Gasteiger partial charge in [-0.3, -0.25) is 4.90 Å².